The van der Waals surface area contributed by atoms with Gasteiger partial charge in [0.05, 0.1) is 5.69 Å². The molecule has 0 saturated heterocycles. The van der Waals surface area contributed by atoms with Gasteiger partial charge in [0.2, 0.25) is 0 Å². The lowest BCUT2D eigenvalue weighted by molar-refractivity contribution is 0.102. The number of nitrogens with zero attached hydrogens (tertiary/aromatic N) is 1. The highest BCUT2D eigenvalue weighted by Crippen LogP contribution is 2.23. The maximum absolute atomic E-state index is 13.7. The Morgan fingerprint density at radius 3 is 2.31 bits per heavy atom. The zero-order chi connectivity index (χ0) is 18.7. The van der Waals surface area contributed by atoms with Gasteiger partial charge in [-0.05, 0) is 48.5 Å². The minimum absolute atomic E-state index is 0.0117. The molecule has 0 fully saturated rings. The van der Waals surface area contributed by atoms with Gasteiger partial charge in [-0.3, -0.25) is 9.78 Å². The lowest BCUT2D eigenvalue weighted by Gasteiger charge is -2.10. The largest absolute Gasteiger partial charge is 0.353 e. The number of pyridine rings is 1. The summed E-state index contributed by atoms with van der Waals surface area (Å²) in [6.07, 6.45) is 1.29. The van der Waals surface area contributed by atoms with E-state index in [2.05, 4.69) is 15.6 Å². The second-order valence-corrected chi connectivity index (χ2v) is 5.24. The van der Waals surface area contributed by atoms with Crippen LogP contribution in [0.3, 0.4) is 0 Å². The molecule has 1 amide bonds. The maximum Gasteiger partial charge on any atom is 0.274 e. The smallest absolute Gasteiger partial charge is 0.274 e. The number of rotatable bonds is 4. The molecule has 8 heteroatoms. The van der Waals surface area contributed by atoms with Crippen molar-refractivity contribution in [3.8, 4) is 0 Å². The minimum Gasteiger partial charge on any atom is -0.353 e. The fraction of sp³-hybridized carbons (Fsp3) is 0. The molecule has 1 aromatic heterocycles. The van der Waals surface area contributed by atoms with Crippen LogP contribution < -0.4 is 10.6 Å². The van der Waals surface area contributed by atoms with E-state index in [9.17, 15) is 22.4 Å². The van der Waals surface area contributed by atoms with E-state index >= 15 is 0 Å². The van der Waals surface area contributed by atoms with Crippen LogP contribution in [0.5, 0.6) is 0 Å². The van der Waals surface area contributed by atoms with E-state index in [1.807, 2.05) is 0 Å². The van der Waals surface area contributed by atoms with Gasteiger partial charge < -0.3 is 10.6 Å². The summed E-state index contributed by atoms with van der Waals surface area (Å²) in [6.45, 7) is 0. The number of benzene rings is 2. The van der Waals surface area contributed by atoms with Crippen LogP contribution >= 0.6 is 0 Å². The molecule has 0 aliphatic carbocycles. The van der Waals surface area contributed by atoms with Crippen molar-refractivity contribution in [2.24, 2.45) is 0 Å². The summed E-state index contributed by atoms with van der Waals surface area (Å²) in [5.74, 6) is -5.30. The standard InChI is InChI=1S/C18H11F4N3O/c19-10-1-3-11(4-2-10)25-18(26)15-9-12(7-8-23-15)24-14-6-5-13(20)16(21)17(14)22/h1-9H,(H,23,24)(H,25,26). The molecule has 3 aromatic rings. The number of nitrogens with one attached hydrogen (secondary N) is 2. The second-order valence-electron chi connectivity index (χ2n) is 5.24. The summed E-state index contributed by atoms with van der Waals surface area (Å²) in [4.78, 5) is 16.1. The summed E-state index contributed by atoms with van der Waals surface area (Å²) in [7, 11) is 0. The van der Waals surface area contributed by atoms with Crippen molar-refractivity contribution >= 4 is 23.0 Å². The van der Waals surface area contributed by atoms with E-state index < -0.39 is 29.2 Å². The van der Waals surface area contributed by atoms with E-state index in [1.165, 1.54) is 42.6 Å². The Labute approximate surface area is 145 Å². The van der Waals surface area contributed by atoms with Crippen LogP contribution in [-0.2, 0) is 0 Å². The Balaban J connectivity index is 1.79. The number of hydrogen-bond acceptors (Lipinski definition) is 3. The number of halogens is 4. The van der Waals surface area contributed by atoms with Crippen LogP contribution in [0.1, 0.15) is 10.5 Å². The lowest BCUT2D eigenvalue weighted by Crippen LogP contribution is -2.13. The molecule has 2 aromatic carbocycles. The number of carbonyl (C=O) groups excluding carboxylic acids is 1. The number of aromatic nitrogens is 1. The van der Waals surface area contributed by atoms with Crippen molar-refractivity contribution in [2.45, 2.75) is 0 Å². The van der Waals surface area contributed by atoms with Crippen molar-refractivity contribution in [1.82, 2.24) is 4.98 Å². The fourth-order valence-corrected chi connectivity index (χ4v) is 2.14. The molecule has 2 N–H and O–H groups in total. The molecule has 0 saturated carbocycles. The number of amides is 1. The predicted molar refractivity (Wildman–Crippen MR) is 88.2 cm³/mol. The second kappa shape index (κ2) is 7.22. The third-order valence-electron chi connectivity index (χ3n) is 3.41. The highest BCUT2D eigenvalue weighted by Gasteiger charge is 2.14. The number of carbonyl (C=O) groups is 1. The maximum atomic E-state index is 13.7. The minimum atomic E-state index is -1.60. The van der Waals surface area contributed by atoms with Gasteiger partial charge in [-0.1, -0.05) is 0 Å². The molecule has 26 heavy (non-hydrogen) atoms. The van der Waals surface area contributed by atoms with Gasteiger partial charge in [-0.25, -0.2) is 17.6 Å². The quantitative estimate of drug-likeness (QED) is 0.526. The van der Waals surface area contributed by atoms with Crippen molar-refractivity contribution < 1.29 is 22.4 Å². The zero-order valence-corrected chi connectivity index (χ0v) is 13.1. The van der Waals surface area contributed by atoms with Gasteiger partial charge in [-0.15, -0.1) is 0 Å². The van der Waals surface area contributed by atoms with Gasteiger partial charge in [0, 0.05) is 17.6 Å². The fourth-order valence-electron chi connectivity index (χ4n) is 2.14. The third kappa shape index (κ3) is 3.80. The van der Waals surface area contributed by atoms with Gasteiger partial charge in [0.1, 0.15) is 11.5 Å². The molecule has 3 rings (SSSR count). The van der Waals surface area contributed by atoms with Crippen molar-refractivity contribution in [2.75, 3.05) is 10.6 Å². The van der Waals surface area contributed by atoms with Crippen molar-refractivity contribution in [3.05, 3.63) is 83.7 Å². The van der Waals surface area contributed by atoms with Gasteiger partial charge in [0.25, 0.3) is 5.91 Å². The summed E-state index contributed by atoms with van der Waals surface area (Å²) in [5.41, 5.74) is 0.305. The Kier molecular flexibility index (Phi) is 4.83. The molecule has 4 nitrogen and oxygen atoms in total. The normalized spacial score (nSPS) is 10.5. The third-order valence-corrected chi connectivity index (χ3v) is 3.41. The van der Waals surface area contributed by atoms with Crippen LogP contribution in [-0.4, -0.2) is 10.9 Å². The average molecular weight is 361 g/mol. The Morgan fingerprint density at radius 1 is 0.846 bits per heavy atom. The van der Waals surface area contributed by atoms with Crippen molar-refractivity contribution in [1.29, 1.82) is 0 Å². The van der Waals surface area contributed by atoms with Gasteiger partial charge in [0.15, 0.2) is 17.5 Å². The number of hydrogen-bond donors (Lipinski definition) is 2. The zero-order valence-electron chi connectivity index (χ0n) is 13.1. The Bertz CT molecular complexity index is 961. The van der Waals surface area contributed by atoms with Crippen LogP contribution in [0.4, 0.5) is 34.6 Å². The first-order chi connectivity index (χ1) is 12.4. The molecule has 0 bridgehead atoms. The monoisotopic (exact) mass is 361 g/mol. The highest BCUT2D eigenvalue weighted by molar-refractivity contribution is 6.03. The van der Waals surface area contributed by atoms with Crippen LogP contribution in [0.15, 0.2) is 54.7 Å². The first kappa shape index (κ1) is 17.4. The SMILES string of the molecule is O=C(Nc1ccc(F)cc1)c1cc(Nc2ccc(F)c(F)c2F)ccn1. The number of anilines is 3. The summed E-state index contributed by atoms with van der Waals surface area (Å²) in [6, 6.07) is 9.68. The Hall–Kier alpha value is -3.42. The Morgan fingerprint density at radius 2 is 1.58 bits per heavy atom. The van der Waals surface area contributed by atoms with Crippen LogP contribution in [0.25, 0.3) is 0 Å². The summed E-state index contributed by atoms with van der Waals surface area (Å²) >= 11 is 0. The average Bonchev–Trinajstić information content (AvgIpc) is 2.64. The van der Waals surface area contributed by atoms with E-state index in [0.717, 1.165) is 12.1 Å². The first-order valence-electron chi connectivity index (χ1n) is 7.37. The van der Waals surface area contributed by atoms with Crippen molar-refractivity contribution in [3.63, 3.8) is 0 Å². The molecule has 1 heterocycles. The molecule has 0 unspecified atom stereocenters. The lowest BCUT2D eigenvalue weighted by atomic mass is 10.2. The molecule has 0 radical (unpaired) electrons. The molecule has 0 atom stereocenters. The van der Waals surface area contributed by atoms with E-state index in [0.29, 0.717) is 5.69 Å². The van der Waals surface area contributed by atoms with E-state index in [4.69, 9.17) is 0 Å². The molecule has 0 spiro atoms. The van der Waals surface area contributed by atoms with Gasteiger partial charge >= 0.3 is 0 Å². The van der Waals surface area contributed by atoms with Crippen LogP contribution in [0, 0.1) is 23.3 Å². The van der Waals surface area contributed by atoms with E-state index in [-0.39, 0.29) is 17.1 Å². The summed E-state index contributed by atoms with van der Waals surface area (Å²) in [5, 5.41) is 5.08. The van der Waals surface area contributed by atoms with Crippen LogP contribution in [0.2, 0.25) is 0 Å². The molecule has 0 aliphatic rings. The first-order valence-corrected chi connectivity index (χ1v) is 7.37. The summed E-state index contributed by atoms with van der Waals surface area (Å²) < 4.78 is 52.9. The van der Waals surface area contributed by atoms with E-state index in [1.54, 1.807) is 0 Å². The van der Waals surface area contributed by atoms with Gasteiger partial charge in [-0.2, -0.15) is 0 Å². The highest BCUT2D eigenvalue weighted by atomic mass is 19.2. The molecular weight excluding hydrogens is 350 g/mol. The predicted octanol–water partition coefficient (Wildman–Crippen LogP) is 4.63. The topological polar surface area (TPSA) is 54.0 Å². The molecule has 132 valence electrons. The molecule has 0 aliphatic heterocycles. The molecular formula is C18H11F4N3O.